The lowest BCUT2D eigenvalue weighted by Crippen LogP contribution is -2.18. The second-order valence-corrected chi connectivity index (χ2v) is 4.48. The quantitative estimate of drug-likeness (QED) is 0.779. The Balaban J connectivity index is 2.51. The van der Waals surface area contributed by atoms with Crippen LogP contribution in [0.25, 0.3) is 0 Å². The minimum atomic E-state index is -0.561. The summed E-state index contributed by atoms with van der Waals surface area (Å²) in [6.45, 7) is 2.08. The Morgan fingerprint density at radius 3 is 2.81 bits per heavy atom. The highest BCUT2D eigenvalue weighted by Crippen LogP contribution is 2.07. The third-order valence-electron chi connectivity index (χ3n) is 2.07. The smallest absolute Gasteiger partial charge is 0.269 e. The molecule has 0 radical (unpaired) electrons. The van der Waals surface area contributed by atoms with Crippen molar-refractivity contribution in [2.45, 2.75) is 19.4 Å². The van der Waals surface area contributed by atoms with E-state index < -0.39 is 5.91 Å². The van der Waals surface area contributed by atoms with Crippen molar-refractivity contribution in [1.29, 1.82) is 0 Å². The number of nitrogens with one attached hydrogen (secondary N) is 1. The van der Waals surface area contributed by atoms with E-state index in [4.69, 9.17) is 5.73 Å². The average Bonchev–Trinajstić information content (AvgIpc) is 2.27. The standard InChI is InChI=1S/C10H16N4OS/c1-7(5-6-16-2)12-9-4-3-8(10(11)15)13-14-9/h3-4,7H,5-6H2,1-2H3,(H2,11,15)(H,12,14). The Hall–Kier alpha value is -1.30. The molecule has 0 aliphatic heterocycles. The minimum Gasteiger partial charge on any atom is -0.366 e. The molecule has 0 aromatic carbocycles. The van der Waals surface area contributed by atoms with E-state index in [1.54, 1.807) is 12.1 Å². The van der Waals surface area contributed by atoms with Crippen molar-refractivity contribution in [3.63, 3.8) is 0 Å². The molecule has 0 spiro atoms. The highest BCUT2D eigenvalue weighted by molar-refractivity contribution is 7.98. The summed E-state index contributed by atoms with van der Waals surface area (Å²) in [6, 6.07) is 3.61. The van der Waals surface area contributed by atoms with Crippen LogP contribution in [-0.2, 0) is 0 Å². The number of aromatic nitrogens is 2. The Morgan fingerprint density at radius 2 is 2.31 bits per heavy atom. The summed E-state index contributed by atoms with van der Waals surface area (Å²) in [4.78, 5) is 10.8. The van der Waals surface area contributed by atoms with Crippen LogP contribution in [0, 0.1) is 0 Å². The van der Waals surface area contributed by atoms with Crippen molar-refractivity contribution in [3.8, 4) is 0 Å². The fourth-order valence-electron chi connectivity index (χ4n) is 1.16. The molecule has 1 aromatic heterocycles. The summed E-state index contributed by atoms with van der Waals surface area (Å²) in [5, 5.41) is 10.8. The number of amides is 1. The van der Waals surface area contributed by atoms with Crippen LogP contribution in [0.15, 0.2) is 12.1 Å². The number of nitrogens with two attached hydrogens (primary N) is 1. The monoisotopic (exact) mass is 240 g/mol. The van der Waals surface area contributed by atoms with Gasteiger partial charge in [0.1, 0.15) is 5.82 Å². The summed E-state index contributed by atoms with van der Waals surface area (Å²) >= 11 is 1.81. The molecule has 1 amide bonds. The van der Waals surface area contributed by atoms with Gasteiger partial charge in [0.05, 0.1) is 0 Å². The van der Waals surface area contributed by atoms with Gasteiger partial charge in [-0.3, -0.25) is 4.79 Å². The van der Waals surface area contributed by atoms with Crippen molar-refractivity contribution < 1.29 is 4.79 Å². The molecule has 0 saturated carbocycles. The Morgan fingerprint density at radius 1 is 1.56 bits per heavy atom. The molecule has 1 rings (SSSR count). The van der Waals surface area contributed by atoms with Gasteiger partial charge in [0.2, 0.25) is 0 Å². The lowest BCUT2D eigenvalue weighted by molar-refractivity contribution is 0.0994. The van der Waals surface area contributed by atoms with E-state index in [-0.39, 0.29) is 5.69 Å². The van der Waals surface area contributed by atoms with Crippen LogP contribution in [0.1, 0.15) is 23.8 Å². The average molecular weight is 240 g/mol. The lowest BCUT2D eigenvalue weighted by Gasteiger charge is -2.12. The van der Waals surface area contributed by atoms with Crippen molar-refractivity contribution in [2.75, 3.05) is 17.3 Å². The topological polar surface area (TPSA) is 80.9 Å². The summed E-state index contributed by atoms with van der Waals surface area (Å²) in [5.74, 6) is 1.20. The molecule has 0 bridgehead atoms. The molecule has 1 aromatic rings. The number of carbonyl (C=O) groups is 1. The molecule has 0 aliphatic carbocycles. The van der Waals surface area contributed by atoms with E-state index >= 15 is 0 Å². The van der Waals surface area contributed by atoms with Gasteiger partial charge >= 0.3 is 0 Å². The van der Waals surface area contributed by atoms with Gasteiger partial charge in [0.15, 0.2) is 5.69 Å². The Kier molecular flexibility index (Phi) is 5.04. The zero-order valence-electron chi connectivity index (χ0n) is 9.43. The lowest BCUT2D eigenvalue weighted by atomic mass is 10.2. The first-order valence-corrected chi connectivity index (χ1v) is 6.42. The summed E-state index contributed by atoms with van der Waals surface area (Å²) < 4.78 is 0. The van der Waals surface area contributed by atoms with Crippen LogP contribution in [0.4, 0.5) is 5.82 Å². The van der Waals surface area contributed by atoms with E-state index in [0.717, 1.165) is 12.2 Å². The number of anilines is 1. The summed E-state index contributed by atoms with van der Waals surface area (Å²) in [7, 11) is 0. The number of hydrogen-bond acceptors (Lipinski definition) is 5. The van der Waals surface area contributed by atoms with Crippen LogP contribution >= 0.6 is 11.8 Å². The molecule has 16 heavy (non-hydrogen) atoms. The SMILES string of the molecule is CSCCC(C)Nc1ccc(C(N)=O)nn1. The number of hydrogen-bond donors (Lipinski definition) is 2. The molecule has 0 saturated heterocycles. The molecule has 0 fully saturated rings. The van der Waals surface area contributed by atoms with Crippen LogP contribution in [0.2, 0.25) is 0 Å². The molecule has 1 atom stereocenters. The van der Waals surface area contributed by atoms with Crippen LogP contribution in [0.3, 0.4) is 0 Å². The second-order valence-electron chi connectivity index (χ2n) is 3.49. The number of rotatable bonds is 6. The fraction of sp³-hybridized carbons (Fsp3) is 0.500. The van der Waals surface area contributed by atoms with Gasteiger partial charge in [-0.25, -0.2) is 0 Å². The maximum atomic E-state index is 10.8. The largest absolute Gasteiger partial charge is 0.366 e. The van der Waals surface area contributed by atoms with E-state index in [0.29, 0.717) is 11.9 Å². The van der Waals surface area contributed by atoms with Crippen LogP contribution in [-0.4, -0.2) is 34.2 Å². The molecular formula is C10H16N4OS. The Bertz CT molecular complexity index is 341. The summed E-state index contributed by atoms with van der Waals surface area (Å²) in [5.41, 5.74) is 5.25. The van der Waals surface area contributed by atoms with Crippen molar-refractivity contribution in [3.05, 3.63) is 17.8 Å². The fourth-order valence-corrected chi connectivity index (χ4v) is 1.75. The highest BCUT2D eigenvalue weighted by Gasteiger charge is 2.05. The molecule has 1 heterocycles. The second kappa shape index (κ2) is 6.32. The molecule has 3 N–H and O–H groups in total. The number of carbonyl (C=O) groups excluding carboxylic acids is 1. The van der Waals surface area contributed by atoms with Crippen molar-refractivity contribution in [1.82, 2.24) is 10.2 Å². The van der Waals surface area contributed by atoms with E-state index in [2.05, 4.69) is 28.7 Å². The third-order valence-corrected chi connectivity index (χ3v) is 2.71. The predicted molar refractivity (Wildman–Crippen MR) is 66.6 cm³/mol. The van der Waals surface area contributed by atoms with Gasteiger partial charge in [-0.15, -0.1) is 10.2 Å². The zero-order chi connectivity index (χ0) is 12.0. The first-order valence-electron chi connectivity index (χ1n) is 5.02. The van der Waals surface area contributed by atoms with Gasteiger partial charge in [0, 0.05) is 6.04 Å². The minimum absolute atomic E-state index is 0.183. The van der Waals surface area contributed by atoms with E-state index in [1.165, 1.54) is 0 Å². The molecule has 0 aliphatic rings. The van der Waals surface area contributed by atoms with Gasteiger partial charge in [-0.1, -0.05) is 0 Å². The van der Waals surface area contributed by atoms with Gasteiger partial charge in [-0.2, -0.15) is 11.8 Å². The third kappa shape index (κ3) is 4.06. The molecule has 1 unspecified atom stereocenters. The predicted octanol–water partition coefficient (Wildman–Crippen LogP) is 1.13. The molecular weight excluding hydrogens is 224 g/mol. The zero-order valence-corrected chi connectivity index (χ0v) is 10.3. The van der Waals surface area contributed by atoms with Gasteiger partial charge < -0.3 is 11.1 Å². The van der Waals surface area contributed by atoms with Crippen LogP contribution < -0.4 is 11.1 Å². The first-order chi connectivity index (χ1) is 7.63. The highest BCUT2D eigenvalue weighted by atomic mass is 32.2. The maximum absolute atomic E-state index is 10.8. The van der Waals surface area contributed by atoms with Gasteiger partial charge in [-0.05, 0) is 37.5 Å². The van der Waals surface area contributed by atoms with Gasteiger partial charge in [0.25, 0.3) is 5.91 Å². The number of thioether (sulfide) groups is 1. The molecule has 5 nitrogen and oxygen atoms in total. The number of nitrogens with zero attached hydrogens (tertiary/aromatic N) is 2. The normalized spacial score (nSPS) is 12.1. The van der Waals surface area contributed by atoms with Crippen molar-refractivity contribution in [2.24, 2.45) is 5.73 Å². The first kappa shape index (κ1) is 12.8. The Labute approximate surface area is 99.2 Å². The van der Waals surface area contributed by atoms with Crippen LogP contribution in [0.5, 0.6) is 0 Å². The summed E-state index contributed by atoms with van der Waals surface area (Å²) in [6.07, 6.45) is 3.13. The van der Waals surface area contributed by atoms with Crippen molar-refractivity contribution >= 4 is 23.5 Å². The maximum Gasteiger partial charge on any atom is 0.269 e. The van der Waals surface area contributed by atoms with E-state index in [9.17, 15) is 4.79 Å². The molecule has 6 heteroatoms. The number of primary amides is 1. The van der Waals surface area contributed by atoms with E-state index in [1.807, 2.05) is 11.8 Å². The molecule has 88 valence electrons.